The highest BCUT2D eigenvalue weighted by atomic mass is 15.4. The first-order valence-electron chi connectivity index (χ1n) is 7.99. The van der Waals surface area contributed by atoms with Gasteiger partial charge in [0, 0.05) is 38.2 Å². The summed E-state index contributed by atoms with van der Waals surface area (Å²) in [5, 5.41) is 4.76. The Labute approximate surface area is 135 Å². The number of aryl methyl sites for hydroxylation is 2. The minimum atomic E-state index is 0.847. The molecule has 1 saturated heterocycles. The summed E-state index contributed by atoms with van der Waals surface area (Å²) in [6.45, 7) is 6.24. The molecule has 1 aliphatic heterocycles. The van der Waals surface area contributed by atoms with Crippen molar-refractivity contribution in [3.8, 4) is 17.2 Å². The van der Waals surface area contributed by atoms with Crippen LogP contribution in [0.5, 0.6) is 0 Å². The summed E-state index contributed by atoms with van der Waals surface area (Å²) in [5.41, 5.74) is 4.12. The van der Waals surface area contributed by atoms with E-state index >= 15 is 0 Å². The van der Waals surface area contributed by atoms with Gasteiger partial charge in [0.2, 0.25) is 0 Å². The zero-order valence-corrected chi connectivity index (χ0v) is 13.7. The summed E-state index contributed by atoms with van der Waals surface area (Å²) in [5.74, 6) is 1.88. The van der Waals surface area contributed by atoms with Crippen molar-refractivity contribution in [2.24, 2.45) is 7.05 Å². The van der Waals surface area contributed by atoms with Crippen molar-refractivity contribution >= 4 is 5.82 Å². The fraction of sp³-hybridized carbons (Fsp3) is 0.438. The molecule has 0 radical (unpaired) electrons. The summed E-state index contributed by atoms with van der Waals surface area (Å²) in [7, 11) is 1.99. The Morgan fingerprint density at radius 2 is 1.91 bits per heavy atom. The van der Waals surface area contributed by atoms with Gasteiger partial charge in [0.1, 0.15) is 11.4 Å². The third-order valence-electron chi connectivity index (χ3n) is 4.61. The predicted octanol–water partition coefficient (Wildman–Crippen LogP) is 2.21. The zero-order chi connectivity index (χ0) is 16.0. The SMILES string of the molecule is Cc1[nH]cnc1-c1nccn1-c1c(N2CCCC2)nn(C)c1C. The fourth-order valence-electron chi connectivity index (χ4n) is 3.25. The van der Waals surface area contributed by atoms with Gasteiger partial charge in [-0.3, -0.25) is 9.25 Å². The van der Waals surface area contributed by atoms with Crippen LogP contribution < -0.4 is 4.90 Å². The van der Waals surface area contributed by atoms with Crippen LogP contribution in [0.25, 0.3) is 17.2 Å². The van der Waals surface area contributed by atoms with Crippen molar-refractivity contribution < 1.29 is 0 Å². The summed E-state index contributed by atoms with van der Waals surface area (Å²) in [6, 6.07) is 0. The first kappa shape index (κ1) is 14.0. The molecule has 0 unspecified atom stereocenters. The fourth-order valence-corrected chi connectivity index (χ4v) is 3.25. The van der Waals surface area contributed by atoms with Gasteiger partial charge in [-0.1, -0.05) is 0 Å². The average molecular weight is 311 g/mol. The maximum absolute atomic E-state index is 4.76. The van der Waals surface area contributed by atoms with E-state index < -0.39 is 0 Å². The maximum atomic E-state index is 4.76. The van der Waals surface area contributed by atoms with Crippen LogP contribution in [0, 0.1) is 13.8 Å². The van der Waals surface area contributed by atoms with Gasteiger partial charge in [0.25, 0.3) is 0 Å². The number of anilines is 1. The summed E-state index contributed by atoms with van der Waals surface area (Å²) >= 11 is 0. The van der Waals surface area contributed by atoms with E-state index in [0.29, 0.717) is 0 Å². The van der Waals surface area contributed by atoms with E-state index in [-0.39, 0.29) is 0 Å². The van der Waals surface area contributed by atoms with E-state index in [1.807, 2.05) is 31.0 Å². The lowest BCUT2D eigenvalue weighted by atomic mass is 10.3. The van der Waals surface area contributed by atoms with Gasteiger partial charge >= 0.3 is 0 Å². The van der Waals surface area contributed by atoms with Gasteiger partial charge in [0.15, 0.2) is 11.6 Å². The molecule has 7 nitrogen and oxygen atoms in total. The van der Waals surface area contributed by atoms with Crippen LogP contribution in [0.15, 0.2) is 18.7 Å². The van der Waals surface area contributed by atoms with Crippen LogP contribution in [0.1, 0.15) is 24.2 Å². The molecule has 4 rings (SSSR count). The molecule has 1 N–H and O–H groups in total. The maximum Gasteiger partial charge on any atom is 0.175 e. The largest absolute Gasteiger partial charge is 0.353 e. The Hall–Kier alpha value is -2.57. The molecule has 1 fully saturated rings. The molecule has 4 heterocycles. The number of H-pyrrole nitrogens is 1. The summed E-state index contributed by atoms with van der Waals surface area (Å²) in [4.78, 5) is 14.5. The molecule has 7 heteroatoms. The van der Waals surface area contributed by atoms with E-state index in [1.165, 1.54) is 12.8 Å². The molecule has 0 saturated carbocycles. The summed E-state index contributed by atoms with van der Waals surface area (Å²) < 4.78 is 4.06. The first-order valence-corrected chi connectivity index (χ1v) is 7.99. The van der Waals surface area contributed by atoms with Crippen LogP contribution in [0.2, 0.25) is 0 Å². The number of rotatable bonds is 3. The van der Waals surface area contributed by atoms with Crippen LogP contribution in [0.4, 0.5) is 5.82 Å². The molecular weight excluding hydrogens is 290 g/mol. The number of aromatic nitrogens is 6. The molecule has 0 bridgehead atoms. The standard InChI is InChI=1S/C16H21N7/c1-11-13(19-10-18-11)15-17-6-9-23(15)14-12(2)21(3)20-16(14)22-7-4-5-8-22/h6,9-10H,4-5,7-8H2,1-3H3,(H,18,19). The zero-order valence-electron chi connectivity index (χ0n) is 13.7. The third-order valence-corrected chi connectivity index (χ3v) is 4.61. The third kappa shape index (κ3) is 2.15. The van der Waals surface area contributed by atoms with E-state index in [2.05, 4.69) is 31.3 Å². The number of nitrogens with one attached hydrogen (secondary N) is 1. The number of aromatic amines is 1. The minimum absolute atomic E-state index is 0.847. The quantitative estimate of drug-likeness (QED) is 0.805. The lowest BCUT2D eigenvalue weighted by Gasteiger charge is -2.17. The molecule has 0 spiro atoms. The number of nitrogens with zero attached hydrogens (tertiary/aromatic N) is 6. The molecule has 3 aromatic heterocycles. The molecule has 23 heavy (non-hydrogen) atoms. The Morgan fingerprint density at radius 3 is 2.61 bits per heavy atom. The second-order valence-corrected chi connectivity index (χ2v) is 6.07. The van der Waals surface area contributed by atoms with Crippen molar-refractivity contribution in [3.05, 3.63) is 30.1 Å². The molecule has 120 valence electrons. The Balaban J connectivity index is 1.89. The highest BCUT2D eigenvalue weighted by Crippen LogP contribution is 2.32. The van der Waals surface area contributed by atoms with Crippen LogP contribution in [-0.2, 0) is 7.05 Å². The van der Waals surface area contributed by atoms with Gasteiger partial charge in [-0.25, -0.2) is 9.97 Å². The van der Waals surface area contributed by atoms with Crippen molar-refractivity contribution in [2.45, 2.75) is 26.7 Å². The smallest absolute Gasteiger partial charge is 0.175 e. The first-order chi connectivity index (χ1) is 11.2. The Morgan fingerprint density at radius 1 is 1.13 bits per heavy atom. The van der Waals surface area contributed by atoms with Crippen molar-refractivity contribution in [1.29, 1.82) is 0 Å². The van der Waals surface area contributed by atoms with Crippen LogP contribution in [0.3, 0.4) is 0 Å². The lowest BCUT2D eigenvalue weighted by Crippen LogP contribution is -2.20. The van der Waals surface area contributed by atoms with E-state index in [1.54, 1.807) is 6.33 Å². The molecule has 0 amide bonds. The van der Waals surface area contributed by atoms with Gasteiger partial charge in [-0.05, 0) is 26.7 Å². The minimum Gasteiger partial charge on any atom is -0.353 e. The van der Waals surface area contributed by atoms with E-state index in [0.717, 1.165) is 47.5 Å². The van der Waals surface area contributed by atoms with Crippen molar-refractivity contribution in [2.75, 3.05) is 18.0 Å². The van der Waals surface area contributed by atoms with Gasteiger partial charge < -0.3 is 9.88 Å². The number of hydrogen-bond donors (Lipinski definition) is 1. The molecular formula is C16H21N7. The van der Waals surface area contributed by atoms with Gasteiger partial charge in [0.05, 0.1) is 12.0 Å². The highest BCUT2D eigenvalue weighted by molar-refractivity contribution is 5.66. The Kier molecular flexibility index (Phi) is 3.21. The molecule has 0 aliphatic carbocycles. The average Bonchev–Trinajstić information content (AvgIpc) is 3.28. The highest BCUT2D eigenvalue weighted by Gasteiger charge is 2.25. The Bertz CT molecular complexity index is 833. The van der Waals surface area contributed by atoms with E-state index in [4.69, 9.17) is 5.10 Å². The summed E-state index contributed by atoms with van der Waals surface area (Å²) in [6.07, 6.45) is 7.98. The second kappa shape index (κ2) is 5.26. The molecule has 0 aromatic carbocycles. The lowest BCUT2D eigenvalue weighted by molar-refractivity contribution is 0.730. The van der Waals surface area contributed by atoms with Gasteiger partial charge in [-0.15, -0.1) is 0 Å². The normalized spacial score (nSPS) is 14.8. The molecule has 0 atom stereocenters. The molecule has 3 aromatic rings. The monoisotopic (exact) mass is 311 g/mol. The second-order valence-electron chi connectivity index (χ2n) is 6.07. The topological polar surface area (TPSA) is 67.6 Å². The van der Waals surface area contributed by atoms with Gasteiger partial charge in [-0.2, -0.15) is 5.10 Å². The van der Waals surface area contributed by atoms with Crippen LogP contribution in [-0.4, -0.2) is 42.4 Å². The van der Waals surface area contributed by atoms with Crippen molar-refractivity contribution in [3.63, 3.8) is 0 Å². The van der Waals surface area contributed by atoms with Crippen molar-refractivity contribution in [1.82, 2.24) is 29.3 Å². The predicted molar refractivity (Wildman–Crippen MR) is 88.8 cm³/mol. The van der Waals surface area contributed by atoms with E-state index in [9.17, 15) is 0 Å². The molecule has 1 aliphatic rings. The number of imidazole rings is 2. The van der Waals surface area contributed by atoms with Crippen LogP contribution >= 0.6 is 0 Å². The number of hydrogen-bond acceptors (Lipinski definition) is 4.